The molecule has 2 heterocycles. The monoisotopic (exact) mass is 424 g/mol. The zero-order chi connectivity index (χ0) is 22.1. The summed E-state index contributed by atoms with van der Waals surface area (Å²) in [5.74, 6) is 0.187. The molecule has 1 fully saturated rings. The van der Waals surface area contributed by atoms with Crippen molar-refractivity contribution in [2.45, 2.75) is 39.0 Å². The van der Waals surface area contributed by atoms with Crippen molar-refractivity contribution in [3.8, 4) is 0 Å². The molecule has 2 aromatic rings. The van der Waals surface area contributed by atoms with E-state index in [2.05, 4.69) is 32.1 Å². The molecule has 166 valence electrons. The highest BCUT2D eigenvalue weighted by Crippen LogP contribution is 2.15. The van der Waals surface area contributed by atoms with Crippen LogP contribution in [-0.2, 0) is 11.2 Å². The highest BCUT2D eigenvalue weighted by Gasteiger charge is 2.17. The molecule has 0 atom stereocenters. The van der Waals surface area contributed by atoms with Crippen LogP contribution in [0, 0.1) is 6.92 Å². The van der Waals surface area contributed by atoms with E-state index in [-0.39, 0.29) is 12.8 Å². The molecule has 31 heavy (non-hydrogen) atoms. The third-order valence-electron chi connectivity index (χ3n) is 5.74. The van der Waals surface area contributed by atoms with E-state index < -0.39 is 5.97 Å². The van der Waals surface area contributed by atoms with Crippen molar-refractivity contribution in [1.82, 2.24) is 9.88 Å². The Labute approximate surface area is 184 Å². The molecule has 0 amide bonds. The van der Waals surface area contributed by atoms with E-state index >= 15 is 0 Å². The minimum absolute atomic E-state index is 0.0447. The molecule has 7 nitrogen and oxygen atoms in total. The number of hydrogen-bond donors (Lipinski definition) is 2. The van der Waals surface area contributed by atoms with Gasteiger partial charge in [-0.3, -0.25) is 9.69 Å². The van der Waals surface area contributed by atoms with Crippen molar-refractivity contribution < 1.29 is 15.1 Å². The number of unbranched alkanes of at least 4 members (excludes halogenated alkanes) is 1. The van der Waals surface area contributed by atoms with Crippen LogP contribution >= 0.6 is 0 Å². The zero-order valence-corrected chi connectivity index (χ0v) is 18.2. The summed E-state index contributed by atoms with van der Waals surface area (Å²) in [5, 5.41) is 21.2. The second kappa shape index (κ2) is 11.5. The largest absolute Gasteiger partial charge is 0.481 e. The number of aliphatic carboxylic acids is 1. The van der Waals surface area contributed by atoms with Gasteiger partial charge in [0.15, 0.2) is 0 Å². The summed E-state index contributed by atoms with van der Waals surface area (Å²) >= 11 is 0. The van der Waals surface area contributed by atoms with E-state index in [1.165, 1.54) is 5.56 Å². The molecule has 1 aliphatic rings. The lowest BCUT2D eigenvalue weighted by Gasteiger charge is -2.35. The summed E-state index contributed by atoms with van der Waals surface area (Å²) in [6, 6.07) is 14.1. The van der Waals surface area contributed by atoms with Gasteiger partial charge in [0.25, 0.3) is 0 Å². The Morgan fingerprint density at radius 3 is 2.42 bits per heavy atom. The van der Waals surface area contributed by atoms with Crippen LogP contribution in [0.5, 0.6) is 0 Å². The Balaban J connectivity index is 1.36. The van der Waals surface area contributed by atoms with Gasteiger partial charge in [0, 0.05) is 38.3 Å². The molecule has 1 aliphatic heterocycles. The topological polar surface area (TPSA) is 89.3 Å². The van der Waals surface area contributed by atoms with E-state index in [9.17, 15) is 4.79 Å². The van der Waals surface area contributed by atoms with Crippen LogP contribution in [0.2, 0.25) is 0 Å². The predicted octanol–water partition coefficient (Wildman–Crippen LogP) is 3.58. The Bertz CT molecular complexity index is 875. The molecule has 2 N–H and O–H groups in total. The van der Waals surface area contributed by atoms with Crippen molar-refractivity contribution >= 4 is 17.5 Å². The van der Waals surface area contributed by atoms with Crippen molar-refractivity contribution in [3.63, 3.8) is 0 Å². The number of carbonyl (C=O) groups is 1. The molecule has 0 radical (unpaired) electrons. The molecular weight excluding hydrogens is 392 g/mol. The van der Waals surface area contributed by atoms with Crippen molar-refractivity contribution in [2.24, 2.45) is 5.16 Å². The summed E-state index contributed by atoms with van der Waals surface area (Å²) in [6.07, 6.45) is 3.47. The van der Waals surface area contributed by atoms with Crippen molar-refractivity contribution in [2.75, 3.05) is 37.6 Å². The lowest BCUT2D eigenvalue weighted by Crippen LogP contribution is -2.46. The lowest BCUT2D eigenvalue weighted by molar-refractivity contribution is -0.136. The predicted molar refractivity (Wildman–Crippen MR) is 122 cm³/mol. The van der Waals surface area contributed by atoms with Gasteiger partial charge in [0.05, 0.1) is 12.1 Å². The van der Waals surface area contributed by atoms with Crippen molar-refractivity contribution in [3.05, 3.63) is 59.3 Å². The number of rotatable bonds is 10. The smallest absolute Gasteiger partial charge is 0.303 e. The molecule has 0 unspecified atom stereocenters. The normalized spacial score (nSPS) is 15.3. The maximum absolute atomic E-state index is 10.7. The van der Waals surface area contributed by atoms with Gasteiger partial charge in [-0.05, 0) is 56.0 Å². The molecule has 1 aromatic carbocycles. The van der Waals surface area contributed by atoms with E-state index in [4.69, 9.17) is 10.3 Å². The van der Waals surface area contributed by atoms with Gasteiger partial charge in [-0.15, -0.1) is 0 Å². The summed E-state index contributed by atoms with van der Waals surface area (Å²) in [7, 11) is 0. The summed E-state index contributed by atoms with van der Waals surface area (Å²) in [4.78, 5) is 20.2. The van der Waals surface area contributed by atoms with E-state index in [0.717, 1.165) is 69.1 Å². The van der Waals surface area contributed by atoms with Crippen LogP contribution < -0.4 is 4.90 Å². The van der Waals surface area contributed by atoms with E-state index in [1.54, 1.807) is 0 Å². The SMILES string of the molecule is Cc1cccc(N2CCN(CCCCc3ccc(C(CCC(=O)O)=NO)cc3)CC2)n1. The number of aryl methyl sites for hydroxylation is 2. The third-order valence-corrected chi connectivity index (χ3v) is 5.74. The summed E-state index contributed by atoms with van der Waals surface area (Å²) < 4.78 is 0. The first-order valence-electron chi connectivity index (χ1n) is 11.0. The van der Waals surface area contributed by atoms with E-state index in [1.807, 2.05) is 37.3 Å². The Hall–Kier alpha value is -2.93. The van der Waals surface area contributed by atoms with Crippen LogP contribution in [0.4, 0.5) is 5.82 Å². The van der Waals surface area contributed by atoms with Gasteiger partial charge in [-0.25, -0.2) is 4.98 Å². The van der Waals surface area contributed by atoms with Crippen LogP contribution in [0.1, 0.15) is 42.5 Å². The van der Waals surface area contributed by atoms with Gasteiger partial charge in [0.2, 0.25) is 0 Å². The fourth-order valence-electron chi connectivity index (χ4n) is 3.91. The average molecular weight is 425 g/mol. The number of nitrogens with zero attached hydrogens (tertiary/aromatic N) is 4. The molecule has 0 bridgehead atoms. The Morgan fingerprint density at radius 1 is 1.03 bits per heavy atom. The number of carboxylic acid groups (broad SMARTS) is 1. The molecule has 7 heteroatoms. The zero-order valence-electron chi connectivity index (χ0n) is 18.2. The van der Waals surface area contributed by atoms with Gasteiger partial charge in [-0.2, -0.15) is 0 Å². The number of anilines is 1. The Kier molecular flexibility index (Phi) is 8.41. The molecule has 1 aromatic heterocycles. The number of carboxylic acids is 1. The first kappa shape index (κ1) is 22.7. The molecule has 3 rings (SSSR count). The first-order chi connectivity index (χ1) is 15.0. The fraction of sp³-hybridized carbons (Fsp3) is 0.458. The van der Waals surface area contributed by atoms with Crippen LogP contribution in [-0.4, -0.2) is 64.6 Å². The number of piperazine rings is 1. The number of aromatic nitrogens is 1. The molecule has 1 saturated heterocycles. The lowest BCUT2D eigenvalue weighted by atomic mass is 10.0. The van der Waals surface area contributed by atoms with Gasteiger partial charge < -0.3 is 15.2 Å². The summed E-state index contributed by atoms with van der Waals surface area (Å²) in [6.45, 7) is 7.34. The number of hydrogen-bond acceptors (Lipinski definition) is 6. The Morgan fingerprint density at radius 2 is 1.77 bits per heavy atom. The molecule has 0 spiro atoms. The van der Waals surface area contributed by atoms with Crippen LogP contribution in [0.25, 0.3) is 0 Å². The minimum atomic E-state index is -0.897. The average Bonchev–Trinajstić information content (AvgIpc) is 2.78. The highest BCUT2D eigenvalue weighted by atomic mass is 16.4. The maximum Gasteiger partial charge on any atom is 0.303 e. The highest BCUT2D eigenvalue weighted by molar-refractivity contribution is 6.01. The number of benzene rings is 1. The van der Waals surface area contributed by atoms with Crippen molar-refractivity contribution in [1.29, 1.82) is 0 Å². The van der Waals surface area contributed by atoms with Gasteiger partial charge in [0.1, 0.15) is 5.82 Å². The molecular formula is C24H32N4O3. The first-order valence-corrected chi connectivity index (χ1v) is 11.0. The van der Waals surface area contributed by atoms with Crippen LogP contribution in [0.3, 0.4) is 0 Å². The van der Waals surface area contributed by atoms with Gasteiger partial charge >= 0.3 is 5.97 Å². The number of oxime groups is 1. The summed E-state index contributed by atoms with van der Waals surface area (Å²) in [5.41, 5.74) is 3.49. The molecule has 0 aliphatic carbocycles. The fourth-order valence-corrected chi connectivity index (χ4v) is 3.91. The molecule has 0 saturated carbocycles. The van der Waals surface area contributed by atoms with Crippen LogP contribution in [0.15, 0.2) is 47.6 Å². The van der Waals surface area contributed by atoms with Gasteiger partial charge in [-0.1, -0.05) is 35.5 Å². The minimum Gasteiger partial charge on any atom is -0.481 e. The van der Waals surface area contributed by atoms with E-state index in [0.29, 0.717) is 5.71 Å². The second-order valence-corrected chi connectivity index (χ2v) is 8.06. The maximum atomic E-state index is 10.7. The second-order valence-electron chi connectivity index (χ2n) is 8.06. The quantitative estimate of drug-likeness (QED) is 0.262. The number of pyridine rings is 1. The third kappa shape index (κ3) is 7.07. The standard InChI is InChI=1S/C24H32N4O3/c1-19-5-4-7-23(25-19)28-17-15-27(16-18-28)14-3-2-6-20-8-10-21(11-9-20)22(26-31)12-13-24(29)30/h4-5,7-11,31H,2-3,6,12-18H2,1H3,(H,29,30).